The highest BCUT2D eigenvalue weighted by Gasteiger charge is 2.46. The average molecular weight is 323 g/mol. The molecule has 0 aromatic heterocycles. The molecule has 1 aliphatic rings. The second-order valence-electron chi connectivity index (χ2n) is 5.07. The van der Waals surface area contributed by atoms with E-state index in [0.717, 1.165) is 31.4 Å². The maximum absolute atomic E-state index is 12.4. The minimum Gasteiger partial charge on any atom is -0.382 e. The molecule has 1 aromatic carbocycles. The van der Waals surface area contributed by atoms with E-state index in [9.17, 15) is 21.6 Å². The Morgan fingerprint density at radius 2 is 1.81 bits per heavy atom. The quantitative estimate of drug-likeness (QED) is 0.905. The second-order valence-corrected chi connectivity index (χ2v) is 7.01. The summed E-state index contributed by atoms with van der Waals surface area (Å²) >= 11 is 0. The first-order chi connectivity index (χ1) is 9.70. The molecular formula is C13H16F3NO3S. The van der Waals surface area contributed by atoms with Crippen molar-refractivity contribution >= 4 is 15.5 Å². The number of halogens is 3. The highest BCUT2D eigenvalue weighted by Crippen LogP contribution is 2.35. The smallest absolute Gasteiger partial charge is 0.382 e. The average Bonchev–Trinajstić information content (AvgIpc) is 2.37. The van der Waals surface area contributed by atoms with Gasteiger partial charge in [0.25, 0.3) is 9.84 Å². The molecule has 8 heteroatoms. The highest BCUT2D eigenvalue weighted by molar-refractivity contribution is 7.92. The fraction of sp³-hybridized carbons (Fsp3) is 0.538. The van der Waals surface area contributed by atoms with Crippen LogP contribution in [0.4, 0.5) is 18.9 Å². The molecular weight excluding hydrogens is 307 g/mol. The first-order valence-electron chi connectivity index (χ1n) is 6.41. The summed E-state index contributed by atoms with van der Waals surface area (Å²) in [5, 5.41) is 3.05. The van der Waals surface area contributed by atoms with Crippen LogP contribution in [0.25, 0.3) is 0 Å². The third kappa shape index (κ3) is 3.16. The molecule has 1 fully saturated rings. The van der Waals surface area contributed by atoms with Crippen LogP contribution in [0.15, 0.2) is 29.2 Å². The fourth-order valence-electron chi connectivity index (χ4n) is 2.17. The Bertz CT molecular complexity index is 587. The van der Waals surface area contributed by atoms with Crippen LogP contribution in [0.1, 0.15) is 19.3 Å². The molecule has 1 N–H and O–H groups in total. The van der Waals surface area contributed by atoms with Gasteiger partial charge in [0.05, 0.1) is 10.5 Å². The van der Waals surface area contributed by atoms with Crippen LogP contribution < -0.4 is 5.32 Å². The molecule has 0 aliphatic heterocycles. The molecule has 118 valence electrons. The molecule has 1 saturated carbocycles. The summed E-state index contributed by atoms with van der Waals surface area (Å²) in [6.07, 6.45) is 2.94. The van der Waals surface area contributed by atoms with Gasteiger partial charge in [0.15, 0.2) is 0 Å². The molecule has 21 heavy (non-hydrogen) atoms. The van der Waals surface area contributed by atoms with Gasteiger partial charge < -0.3 is 10.1 Å². The Balaban J connectivity index is 2.06. The van der Waals surface area contributed by atoms with Gasteiger partial charge in [-0.05, 0) is 43.5 Å². The lowest BCUT2D eigenvalue weighted by molar-refractivity contribution is -0.0601. The Morgan fingerprint density at radius 1 is 1.24 bits per heavy atom. The standard InChI is InChI=1S/C13H16F3NO3S/c1-20-12(7-2-8-12)9-17-10-3-5-11(6-4-10)21(18,19)13(14,15)16/h3-6,17H,2,7-9H2,1H3. The Morgan fingerprint density at radius 3 is 2.19 bits per heavy atom. The SMILES string of the molecule is COC1(CNc2ccc(S(=O)(=O)C(F)(F)F)cc2)CCC1. The molecule has 0 spiro atoms. The van der Waals surface area contributed by atoms with Crippen LogP contribution in [0.3, 0.4) is 0 Å². The van der Waals surface area contributed by atoms with E-state index in [4.69, 9.17) is 4.74 Å². The van der Waals surface area contributed by atoms with Crippen molar-refractivity contribution in [1.82, 2.24) is 0 Å². The zero-order valence-electron chi connectivity index (χ0n) is 11.4. The number of nitrogens with one attached hydrogen (secondary N) is 1. The van der Waals surface area contributed by atoms with Crippen molar-refractivity contribution in [1.29, 1.82) is 0 Å². The number of sulfone groups is 1. The van der Waals surface area contributed by atoms with E-state index in [1.54, 1.807) is 7.11 Å². The van der Waals surface area contributed by atoms with E-state index in [1.807, 2.05) is 0 Å². The van der Waals surface area contributed by atoms with Gasteiger partial charge in [0.2, 0.25) is 0 Å². The lowest BCUT2D eigenvalue weighted by Crippen LogP contribution is -2.45. The molecule has 1 aliphatic carbocycles. The van der Waals surface area contributed by atoms with Crippen LogP contribution in [-0.2, 0) is 14.6 Å². The lowest BCUT2D eigenvalue weighted by atomic mass is 9.80. The molecule has 2 rings (SSSR count). The van der Waals surface area contributed by atoms with Gasteiger partial charge in [-0.1, -0.05) is 0 Å². The number of methoxy groups -OCH3 is 1. The zero-order chi connectivity index (χ0) is 15.7. The van der Waals surface area contributed by atoms with E-state index in [1.165, 1.54) is 12.1 Å². The second kappa shape index (κ2) is 5.49. The van der Waals surface area contributed by atoms with E-state index in [2.05, 4.69) is 5.32 Å². The van der Waals surface area contributed by atoms with Gasteiger partial charge >= 0.3 is 5.51 Å². The van der Waals surface area contributed by atoms with Crippen molar-refractivity contribution in [3.63, 3.8) is 0 Å². The maximum atomic E-state index is 12.4. The van der Waals surface area contributed by atoms with E-state index >= 15 is 0 Å². The van der Waals surface area contributed by atoms with Crippen molar-refractivity contribution in [3.05, 3.63) is 24.3 Å². The van der Waals surface area contributed by atoms with Crippen molar-refractivity contribution in [2.24, 2.45) is 0 Å². The molecule has 1 aromatic rings. The fourth-order valence-corrected chi connectivity index (χ4v) is 2.93. The van der Waals surface area contributed by atoms with Crippen LogP contribution >= 0.6 is 0 Å². The number of anilines is 1. The van der Waals surface area contributed by atoms with Gasteiger partial charge in [0, 0.05) is 19.3 Å². The Labute approximate surface area is 121 Å². The molecule has 0 saturated heterocycles. The summed E-state index contributed by atoms with van der Waals surface area (Å²) in [6.45, 7) is 0.537. The normalized spacial score (nSPS) is 18.1. The summed E-state index contributed by atoms with van der Waals surface area (Å²) in [5.74, 6) is 0. The largest absolute Gasteiger partial charge is 0.501 e. The minimum atomic E-state index is -5.29. The Kier molecular flexibility index (Phi) is 4.21. The predicted molar refractivity (Wildman–Crippen MR) is 71.8 cm³/mol. The van der Waals surface area contributed by atoms with Gasteiger partial charge in [-0.3, -0.25) is 0 Å². The first kappa shape index (κ1) is 16.1. The van der Waals surface area contributed by atoms with Crippen LogP contribution in [0.2, 0.25) is 0 Å². The number of hydrogen-bond acceptors (Lipinski definition) is 4. The number of alkyl halides is 3. The van der Waals surface area contributed by atoms with Crippen LogP contribution in [0.5, 0.6) is 0 Å². The number of benzene rings is 1. The monoisotopic (exact) mass is 323 g/mol. The first-order valence-corrected chi connectivity index (χ1v) is 7.89. The summed E-state index contributed by atoms with van der Waals surface area (Å²) in [5.41, 5.74) is -4.95. The van der Waals surface area contributed by atoms with E-state index in [-0.39, 0.29) is 5.60 Å². The van der Waals surface area contributed by atoms with Crippen LogP contribution in [-0.4, -0.2) is 33.2 Å². The summed E-state index contributed by atoms with van der Waals surface area (Å²) in [4.78, 5) is -0.759. The predicted octanol–water partition coefficient (Wildman–Crippen LogP) is 2.96. The maximum Gasteiger partial charge on any atom is 0.501 e. The molecule has 0 unspecified atom stereocenters. The van der Waals surface area contributed by atoms with Crippen molar-refractivity contribution in [2.75, 3.05) is 19.0 Å². The van der Waals surface area contributed by atoms with Gasteiger partial charge in [0.1, 0.15) is 0 Å². The highest BCUT2D eigenvalue weighted by atomic mass is 32.2. The number of hydrogen-bond donors (Lipinski definition) is 1. The molecule has 0 bridgehead atoms. The topological polar surface area (TPSA) is 55.4 Å². The summed E-state index contributed by atoms with van der Waals surface area (Å²) in [6, 6.07) is 4.54. The van der Waals surface area contributed by atoms with Crippen molar-refractivity contribution in [2.45, 2.75) is 35.3 Å². The molecule has 4 nitrogen and oxygen atoms in total. The third-order valence-electron chi connectivity index (χ3n) is 3.78. The van der Waals surface area contributed by atoms with Gasteiger partial charge in [-0.25, -0.2) is 8.42 Å². The lowest BCUT2D eigenvalue weighted by Gasteiger charge is -2.40. The minimum absolute atomic E-state index is 0.225. The number of ether oxygens (including phenoxy) is 1. The van der Waals surface area contributed by atoms with Crippen molar-refractivity contribution < 1.29 is 26.3 Å². The summed E-state index contributed by atoms with van der Waals surface area (Å²) < 4.78 is 65.1. The molecule has 0 radical (unpaired) electrons. The molecule has 0 heterocycles. The van der Waals surface area contributed by atoms with Gasteiger partial charge in [-0.2, -0.15) is 13.2 Å². The molecule has 0 amide bonds. The Hall–Kier alpha value is -1.28. The van der Waals surface area contributed by atoms with Crippen LogP contribution in [0, 0.1) is 0 Å². The zero-order valence-corrected chi connectivity index (χ0v) is 12.2. The third-order valence-corrected chi connectivity index (χ3v) is 5.28. The summed E-state index contributed by atoms with van der Waals surface area (Å²) in [7, 11) is -3.66. The van der Waals surface area contributed by atoms with E-state index in [0.29, 0.717) is 12.2 Å². The van der Waals surface area contributed by atoms with E-state index < -0.39 is 20.2 Å². The molecule has 0 atom stereocenters. The number of rotatable bonds is 5. The van der Waals surface area contributed by atoms with Crippen molar-refractivity contribution in [3.8, 4) is 0 Å². The van der Waals surface area contributed by atoms with Gasteiger partial charge in [-0.15, -0.1) is 0 Å².